The van der Waals surface area contributed by atoms with Crippen LogP contribution in [0, 0.1) is 5.92 Å². The number of carbonyl (C=O) groups excluding carboxylic acids is 1. The molecule has 0 spiro atoms. The van der Waals surface area contributed by atoms with Crippen molar-refractivity contribution >= 4 is 11.7 Å². The van der Waals surface area contributed by atoms with Crippen molar-refractivity contribution in [2.75, 3.05) is 6.54 Å². The van der Waals surface area contributed by atoms with Gasteiger partial charge in [-0.1, -0.05) is 12.1 Å². The van der Waals surface area contributed by atoms with Gasteiger partial charge in [-0.2, -0.15) is 0 Å². The Labute approximate surface area is 105 Å². The van der Waals surface area contributed by atoms with E-state index in [-0.39, 0.29) is 11.7 Å². The summed E-state index contributed by atoms with van der Waals surface area (Å²) in [6.07, 6.45) is 4.14. The first-order valence-electron chi connectivity index (χ1n) is 5.93. The third kappa shape index (κ3) is 2.15. The molecule has 7 heteroatoms. The van der Waals surface area contributed by atoms with Crippen LogP contribution in [0.4, 0.5) is 0 Å². The standard InChI is InChI=1S/C11H17N5O2/c1-2-8(10(12)14-18)11(17)16-6-5-15-4-3-13-9(15)7-16/h3-4,8,18H,2,5-7H2,1H3,(H2,12,14). The zero-order valence-corrected chi connectivity index (χ0v) is 10.3. The summed E-state index contributed by atoms with van der Waals surface area (Å²) in [5, 5.41) is 11.6. The number of fused-ring (bicyclic) bond motifs is 1. The van der Waals surface area contributed by atoms with Crippen LogP contribution in [0.1, 0.15) is 19.2 Å². The summed E-state index contributed by atoms with van der Waals surface area (Å²) in [6, 6.07) is 0. The number of amidine groups is 1. The van der Waals surface area contributed by atoms with E-state index in [0.29, 0.717) is 19.5 Å². The number of oxime groups is 1. The van der Waals surface area contributed by atoms with Crippen molar-refractivity contribution in [2.24, 2.45) is 16.8 Å². The second-order valence-electron chi connectivity index (χ2n) is 4.28. The Morgan fingerprint density at radius 1 is 1.67 bits per heavy atom. The normalized spacial score (nSPS) is 17.4. The summed E-state index contributed by atoms with van der Waals surface area (Å²) in [7, 11) is 0. The monoisotopic (exact) mass is 251 g/mol. The molecule has 0 bridgehead atoms. The number of amides is 1. The molecule has 0 aliphatic carbocycles. The SMILES string of the molecule is CCC(C(=O)N1CCn2ccnc2C1)C(N)=NO. The minimum Gasteiger partial charge on any atom is -0.409 e. The number of carbonyl (C=O) groups is 1. The predicted octanol–water partition coefficient (Wildman–Crippen LogP) is -0.00210. The highest BCUT2D eigenvalue weighted by atomic mass is 16.4. The third-order valence-corrected chi connectivity index (χ3v) is 3.24. The number of hydrogen-bond acceptors (Lipinski definition) is 4. The van der Waals surface area contributed by atoms with Gasteiger partial charge in [0.2, 0.25) is 5.91 Å². The molecule has 3 N–H and O–H groups in total. The van der Waals surface area contributed by atoms with Crippen LogP contribution in [0.2, 0.25) is 0 Å². The van der Waals surface area contributed by atoms with E-state index in [1.807, 2.05) is 17.7 Å². The number of rotatable bonds is 3. The second-order valence-corrected chi connectivity index (χ2v) is 4.28. The largest absolute Gasteiger partial charge is 0.409 e. The molecule has 1 aromatic rings. The Hall–Kier alpha value is -2.05. The van der Waals surface area contributed by atoms with Crippen LogP contribution < -0.4 is 5.73 Å². The Morgan fingerprint density at radius 3 is 3.11 bits per heavy atom. The van der Waals surface area contributed by atoms with Crippen molar-refractivity contribution < 1.29 is 10.0 Å². The summed E-state index contributed by atoms with van der Waals surface area (Å²) in [5.41, 5.74) is 5.54. The van der Waals surface area contributed by atoms with Gasteiger partial charge in [-0.15, -0.1) is 0 Å². The van der Waals surface area contributed by atoms with E-state index in [4.69, 9.17) is 10.9 Å². The summed E-state index contributed by atoms with van der Waals surface area (Å²) >= 11 is 0. The highest BCUT2D eigenvalue weighted by Crippen LogP contribution is 2.15. The summed E-state index contributed by atoms with van der Waals surface area (Å²) < 4.78 is 2.02. The minimum absolute atomic E-state index is 0.0311. The molecule has 98 valence electrons. The van der Waals surface area contributed by atoms with Gasteiger partial charge in [0.1, 0.15) is 5.82 Å². The zero-order valence-electron chi connectivity index (χ0n) is 10.3. The topological polar surface area (TPSA) is 96.7 Å². The highest BCUT2D eigenvalue weighted by Gasteiger charge is 2.29. The predicted molar refractivity (Wildman–Crippen MR) is 64.8 cm³/mol. The molecule has 1 aliphatic rings. The summed E-state index contributed by atoms with van der Waals surface area (Å²) in [5.74, 6) is 0.166. The Balaban J connectivity index is 2.11. The van der Waals surface area contributed by atoms with E-state index < -0.39 is 5.92 Å². The molecule has 1 atom stereocenters. The van der Waals surface area contributed by atoms with Gasteiger partial charge in [0.25, 0.3) is 0 Å². The fourth-order valence-corrected chi connectivity index (χ4v) is 2.16. The van der Waals surface area contributed by atoms with E-state index in [2.05, 4.69) is 10.1 Å². The molecule has 0 aromatic carbocycles. The maximum Gasteiger partial charge on any atom is 0.233 e. The van der Waals surface area contributed by atoms with Crippen LogP contribution in [-0.4, -0.2) is 37.9 Å². The quantitative estimate of drug-likeness (QED) is 0.342. The van der Waals surface area contributed by atoms with Crippen molar-refractivity contribution in [2.45, 2.75) is 26.4 Å². The van der Waals surface area contributed by atoms with Crippen molar-refractivity contribution in [3.05, 3.63) is 18.2 Å². The van der Waals surface area contributed by atoms with Gasteiger partial charge in [-0.3, -0.25) is 4.79 Å². The summed E-state index contributed by atoms with van der Waals surface area (Å²) in [6.45, 7) is 3.66. The van der Waals surface area contributed by atoms with Gasteiger partial charge in [0, 0.05) is 25.5 Å². The molecular weight excluding hydrogens is 234 g/mol. The van der Waals surface area contributed by atoms with Crippen molar-refractivity contribution in [3.8, 4) is 0 Å². The molecule has 1 aromatic heterocycles. The number of hydrogen-bond donors (Lipinski definition) is 2. The molecule has 0 radical (unpaired) electrons. The minimum atomic E-state index is -0.559. The van der Waals surface area contributed by atoms with Crippen LogP contribution in [0.3, 0.4) is 0 Å². The van der Waals surface area contributed by atoms with Gasteiger partial charge in [0.05, 0.1) is 12.5 Å². The van der Waals surface area contributed by atoms with Crippen LogP contribution >= 0.6 is 0 Å². The molecular formula is C11H17N5O2. The first kappa shape index (κ1) is 12.4. The average molecular weight is 251 g/mol. The zero-order chi connectivity index (χ0) is 13.1. The van der Waals surface area contributed by atoms with Gasteiger partial charge in [0.15, 0.2) is 5.84 Å². The van der Waals surface area contributed by atoms with Gasteiger partial charge in [-0.05, 0) is 6.42 Å². The molecule has 0 fully saturated rings. The molecule has 1 amide bonds. The molecule has 7 nitrogen and oxygen atoms in total. The van der Waals surface area contributed by atoms with Gasteiger partial charge in [-0.25, -0.2) is 4.98 Å². The van der Waals surface area contributed by atoms with Crippen LogP contribution in [0.25, 0.3) is 0 Å². The number of aromatic nitrogens is 2. The van der Waals surface area contributed by atoms with Crippen LogP contribution in [0.15, 0.2) is 17.5 Å². The van der Waals surface area contributed by atoms with E-state index in [0.717, 1.165) is 12.4 Å². The van der Waals surface area contributed by atoms with Crippen LogP contribution in [-0.2, 0) is 17.9 Å². The lowest BCUT2D eigenvalue weighted by atomic mass is 10.0. The fourth-order valence-electron chi connectivity index (χ4n) is 2.16. The van der Waals surface area contributed by atoms with E-state index in [9.17, 15) is 4.79 Å². The lowest BCUT2D eigenvalue weighted by Gasteiger charge is -2.30. The van der Waals surface area contributed by atoms with Crippen LogP contribution in [0.5, 0.6) is 0 Å². The smallest absolute Gasteiger partial charge is 0.233 e. The molecule has 0 saturated heterocycles. The molecule has 1 aliphatic heterocycles. The van der Waals surface area contributed by atoms with Gasteiger partial charge >= 0.3 is 0 Å². The Bertz CT molecular complexity index is 468. The lowest BCUT2D eigenvalue weighted by Crippen LogP contribution is -2.45. The number of nitrogens with zero attached hydrogens (tertiary/aromatic N) is 4. The molecule has 2 rings (SSSR count). The lowest BCUT2D eigenvalue weighted by molar-refractivity contribution is -0.135. The first-order chi connectivity index (χ1) is 8.67. The Kier molecular flexibility index (Phi) is 3.50. The van der Waals surface area contributed by atoms with E-state index in [1.54, 1.807) is 11.1 Å². The Morgan fingerprint density at radius 2 is 2.44 bits per heavy atom. The average Bonchev–Trinajstić information content (AvgIpc) is 2.86. The second kappa shape index (κ2) is 5.07. The maximum atomic E-state index is 12.3. The fraction of sp³-hybridized carbons (Fsp3) is 0.545. The maximum absolute atomic E-state index is 12.3. The number of nitrogens with two attached hydrogens (primary N) is 1. The van der Waals surface area contributed by atoms with E-state index in [1.165, 1.54) is 0 Å². The third-order valence-electron chi connectivity index (χ3n) is 3.24. The number of imidazole rings is 1. The molecule has 0 saturated carbocycles. The first-order valence-corrected chi connectivity index (χ1v) is 5.93. The van der Waals surface area contributed by atoms with Crippen molar-refractivity contribution in [3.63, 3.8) is 0 Å². The van der Waals surface area contributed by atoms with Crippen molar-refractivity contribution in [1.29, 1.82) is 0 Å². The highest BCUT2D eigenvalue weighted by molar-refractivity contribution is 6.02. The molecule has 2 heterocycles. The molecule has 1 unspecified atom stereocenters. The van der Waals surface area contributed by atoms with E-state index >= 15 is 0 Å². The molecule has 18 heavy (non-hydrogen) atoms. The summed E-state index contributed by atoms with van der Waals surface area (Å²) in [4.78, 5) is 18.2. The van der Waals surface area contributed by atoms with Gasteiger partial charge < -0.3 is 20.4 Å². The van der Waals surface area contributed by atoms with Crippen molar-refractivity contribution in [1.82, 2.24) is 14.5 Å².